The minimum absolute atomic E-state index is 0.731. The van der Waals surface area contributed by atoms with Crippen molar-refractivity contribution in [1.82, 2.24) is 10.2 Å². The fourth-order valence-corrected chi connectivity index (χ4v) is 3.52. The number of aliphatic imine (C=N–C) groups is 1. The van der Waals surface area contributed by atoms with Crippen molar-refractivity contribution >= 4 is 16.7 Å². The molecular weight excluding hydrogens is 350 g/mol. The molecule has 3 aromatic rings. The normalized spacial score (nSPS) is 13.5. The van der Waals surface area contributed by atoms with E-state index in [2.05, 4.69) is 57.7 Å². The first kappa shape index (κ1) is 18.2. The van der Waals surface area contributed by atoms with Gasteiger partial charge in [0.15, 0.2) is 17.5 Å². The van der Waals surface area contributed by atoms with Crippen LogP contribution in [-0.4, -0.2) is 38.2 Å². The lowest BCUT2D eigenvalue weighted by molar-refractivity contribution is 0.356. The van der Waals surface area contributed by atoms with E-state index in [-0.39, 0.29) is 0 Å². The van der Waals surface area contributed by atoms with Gasteiger partial charge in [0.2, 0.25) is 0 Å². The minimum atomic E-state index is 0.731. The number of methoxy groups -OCH3 is 2. The molecule has 0 fully saturated rings. The number of fused-ring (bicyclic) bond motifs is 1. The van der Waals surface area contributed by atoms with Gasteiger partial charge < -0.3 is 19.7 Å². The summed E-state index contributed by atoms with van der Waals surface area (Å²) in [5.74, 6) is 2.46. The second-order valence-electron chi connectivity index (χ2n) is 6.85. The van der Waals surface area contributed by atoms with Gasteiger partial charge in [-0.25, -0.2) is 0 Å². The molecule has 1 aliphatic heterocycles. The van der Waals surface area contributed by atoms with Crippen LogP contribution in [0.5, 0.6) is 11.5 Å². The number of benzene rings is 3. The zero-order valence-corrected chi connectivity index (χ0v) is 16.3. The third-order valence-electron chi connectivity index (χ3n) is 5.00. The molecule has 1 aliphatic rings. The molecule has 144 valence electrons. The summed E-state index contributed by atoms with van der Waals surface area (Å²) in [5.41, 5.74) is 2.50. The topological polar surface area (TPSA) is 46.1 Å². The van der Waals surface area contributed by atoms with Crippen molar-refractivity contribution in [2.24, 2.45) is 4.99 Å². The van der Waals surface area contributed by atoms with Crippen LogP contribution in [0.1, 0.15) is 11.1 Å². The van der Waals surface area contributed by atoms with Crippen molar-refractivity contribution in [3.63, 3.8) is 0 Å². The van der Waals surface area contributed by atoms with E-state index in [4.69, 9.17) is 9.47 Å². The lowest BCUT2D eigenvalue weighted by Gasteiger charge is -2.21. The molecule has 0 aliphatic carbocycles. The number of hydrogen-bond donors (Lipinski definition) is 1. The highest BCUT2D eigenvalue weighted by molar-refractivity contribution is 5.87. The number of nitrogens with zero attached hydrogens (tertiary/aromatic N) is 2. The van der Waals surface area contributed by atoms with Gasteiger partial charge in [0.1, 0.15) is 0 Å². The van der Waals surface area contributed by atoms with Crippen LogP contribution in [0.15, 0.2) is 65.7 Å². The van der Waals surface area contributed by atoms with Gasteiger partial charge in [-0.15, -0.1) is 0 Å². The molecule has 0 amide bonds. The molecule has 0 atom stereocenters. The molecule has 5 heteroatoms. The molecule has 1 N–H and O–H groups in total. The Labute approximate surface area is 165 Å². The number of nitrogens with one attached hydrogen (secondary N) is 1. The molecule has 0 spiro atoms. The first-order valence-corrected chi connectivity index (χ1v) is 9.48. The summed E-state index contributed by atoms with van der Waals surface area (Å²) in [5, 5.41) is 5.76. The zero-order valence-electron chi connectivity index (χ0n) is 16.3. The van der Waals surface area contributed by atoms with Gasteiger partial charge in [0.05, 0.1) is 20.8 Å². The van der Waals surface area contributed by atoms with E-state index in [1.54, 1.807) is 14.2 Å². The first-order chi connectivity index (χ1) is 13.8. The Morgan fingerprint density at radius 3 is 2.39 bits per heavy atom. The molecule has 0 saturated heterocycles. The van der Waals surface area contributed by atoms with E-state index in [1.165, 1.54) is 11.1 Å². The lowest BCUT2D eigenvalue weighted by Crippen LogP contribution is -2.37. The molecule has 0 radical (unpaired) electrons. The third-order valence-corrected chi connectivity index (χ3v) is 5.00. The predicted molar refractivity (Wildman–Crippen MR) is 113 cm³/mol. The summed E-state index contributed by atoms with van der Waals surface area (Å²) in [7, 11) is 3.32. The first-order valence-electron chi connectivity index (χ1n) is 9.48. The monoisotopic (exact) mass is 375 g/mol. The number of guanidine groups is 1. The summed E-state index contributed by atoms with van der Waals surface area (Å²) in [6, 6.07) is 21.0. The van der Waals surface area contributed by atoms with E-state index in [0.29, 0.717) is 0 Å². The minimum Gasteiger partial charge on any atom is -0.493 e. The molecule has 0 saturated carbocycles. The summed E-state index contributed by atoms with van der Waals surface area (Å²) >= 11 is 0. The van der Waals surface area contributed by atoms with Crippen LogP contribution < -0.4 is 14.8 Å². The van der Waals surface area contributed by atoms with Crippen molar-refractivity contribution in [3.8, 4) is 11.5 Å². The predicted octanol–water partition coefficient (Wildman–Crippen LogP) is 3.82. The Balaban J connectivity index is 1.46. The maximum absolute atomic E-state index is 5.43. The van der Waals surface area contributed by atoms with Gasteiger partial charge in [0.25, 0.3) is 0 Å². The summed E-state index contributed by atoms with van der Waals surface area (Å²) in [6.07, 6.45) is 0. The van der Waals surface area contributed by atoms with Gasteiger partial charge in [-0.1, -0.05) is 42.5 Å². The quantitative estimate of drug-likeness (QED) is 0.712. The lowest BCUT2D eigenvalue weighted by atomic mass is 10.1. The van der Waals surface area contributed by atoms with Crippen LogP contribution >= 0.6 is 0 Å². The Bertz CT molecular complexity index is 986. The van der Waals surface area contributed by atoms with Gasteiger partial charge in [-0.05, 0) is 40.1 Å². The van der Waals surface area contributed by atoms with Gasteiger partial charge in [-0.3, -0.25) is 4.99 Å². The van der Waals surface area contributed by atoms with Gasteiger partial charge in [-0.2, -0.15) is 0 Å². The standard InChI is InChI=1S/C23H25N3O2/c1-27-21-13-19-9-8-18(12-20(19)14-22(21)28-2)15-25-23-24-10-11-26(23)16-17-6-4-3-5-7-17/h3-9,12-14H,10-11,15-16H2,1-2H3,(H,24,25). The maximum atomic E-state index is 5.43. The van der Waals surface area contributed by atoms with Crippen LogP contribution in [0.25, 0.3) is 10.8 Å². The largest absolute Gasteiger partial charge is 0.493 e. The van der Waals surface area contributed by atoms with E-state index in [9.17, 15) is 0 Å². The van der Waals surface area contributed by atoms with Crippen molar-refractivity contribution in [1.29, 1.82) is 0 Å². The van der Waals surface area contributed by atoms with E-state index >= 15 is 0 Å². The third kappa shape index (κ3) is 3.88. The van der Waals surface area contributed by atoms with Crippen molar-refractivity contribution in [2.45, 2.75) is 13.1 Å². The number of rotatable bonds is 6. The van der Waals surface area contributed by atoms with E-state index in [1.807, 2.05) is 18.2 Å². The highest BCUT2D eigenvalue weighted by Crippen LogP contribution is 2.32. The molecular formula is C23H25N3O2. The summed E-state index contributed by atoms with van der Waals surface area (Å²) < 4.78 is 10.8. The molecule has 4 rings (SSSR count). The molecule has 1 heterocycles. The van der Waals surface area contributed by atoms with E-state index in [0.717, 1.165) is 54.4 Å². The average Bonchev–Trinajstić information content (AvgIpc) is 3.18. The number of ether oxygens (including phenoxy) is 2. The Kier molecular flexibility index (Phi) is 5.33. The molecule has 0 bridgehead atoms. The molecule has 0 unspecified atom stereocenters. The van der Waals surface area contributed by atoms with Crippen LogP contribution in [0.4, 0.5) is 0 Å². The fraction of sp³-hybridized carbons (Fsp3) is 0.261. The van der Waals surface area contributed by atoms with Crippen LogP contribution in [0, 0.1) is 0 Å². The second-order valence-corrected chi connectivity index (χ2v) is 6.85. The smallest absolute Gasteiger partial charge is 0.194 e. The van der Waals surface area contributed by atoms with Crippen LogP contribution in [-0.2, 0) is 13.1 Å². The highest BCUT2D eigenvalue weighted by Gasteiger charge is 2.16. The molecule has 3 aromatic carbocycles. The Morgan fingerprint density at radius 1 is 0.893 bits per heavy atom. The van der Waals surface area contributed by atoms with Gasteiger partial charge in [0, 0.05) is 19.6 Å². The molecule has 28 heavy (non-hydrogen) atoms. The Morgan fingerprint density at radius 2 is 1.64 bits per heavy atom. The summed E-state index contributed by atoms with van der Waals surface area (Å²) in [6.45, 7) is 3.39. The highest BCUT2D eigenvalue weighted by atomic mass is 16.5. The Hall–Kier alpha value is -3.21. The van der Waals surface area contributed by atoms with Crippen molar-refractivity contribution in [3.05, 3.63) is 71.8 Å². The fourth-order valence-electron chi connectivity index (χ4n) is 3.52. The maximum Gasteiger partial charge on any atom is 0.194 e. The SMILES string of the molecule is COc1cc2ccc(CNC3=NCCN3Cc3ccccc3)cc2cc1OC. The van der Waals surface area contributed by atoms with Crippen molar-refractivity contribution < 1.29 is 9.47 Å². The number of hydrogen-bond acceptors (Lipinski definition) is 5. The average molecular weight is 375 g/mol. The molecule has 5 nitrogen and oxygen atoms in total. The van der Waals surface area contributed by atoms with Crippen LogP contribution in [0.3, 0.4) is 0 Å². The summed E-state index contributed by atoms with van der Waals surface area (Å²) in [4.78, 5) is 6.93. The van der Waals surface area contributed by atoms with E-state index < -0.39 is 0 Å². The zero-order chi connectivity index (χ0) is 19.3. The van der Waals surface area contributed by atoms with Crippen molar-refractivity contribution in [2.75, 3.05) is 27.3 Å². The second kappa shape index (κ2) is 8.21. The van der Waals surface area contributed by atoms with Gasteiger partial charge >= 0.3 is 0 Å². The molecule has 0 aromatic heterocycles. The van der Waals surface area contributed by atoms with Crippen LogP contribution in [0.2, 0.25) is 0 Å².